The van der Waals surface area contributed by atoms with Crippen molar-refractivity contribution in [3.05, 3.63) is 60.2 Å². The Balaban J connectivity index is 2.01. The third kappa shape index (κ3) is 3.85. The summed E-state index contributed by atoms with van der Waals surface area (Å²) < 4.78 is 10.8. The maximum Gasteiger partial charge on any atom is 0.308 e. The average molecular weight is 256 g/mol. The Labute approximate surface area is 112 Å². The number of ether oxygens (including phenoxy) is 2. The van der Waals surface area contributed by atoms with Crippen LogP contribution in [0.2, 0.25) is 0 Å². The standard InChI is InChI=1S/C16H16O3/c1-12(14-6-4-3-5-7-14)18-15-8-10-16(11-9-15)19-13(2)17/h3-12H,1-2H3/t12-/m0/s1. The molecule has 3 nitrogen and oxygen atoms in total. The van der Waals surface area contributed by atoms with E-state index in [1.165, 1.54) is 6.92 Å². The van der Waals surface area contributed by atoms with Crippen molar-refractivity contribution in [3.63, 3.8) is 0 Å². The smallest absolute Gasteiger partial charge is 0.308 e. The SMILES string of the molecule is CC(=O)Oc1ccc(O[C@@H](C)c2ccccc2)cc1. The summed E-state index contributed by atoms with van der Waals surface area (Å²) in [7, 11) is 0. The molecule has 0 aromatic heterocycles. The van der Waals surface area contributed by atoms with Gasteiger partial charge < -0.3 is 9.47 Å². The monoisotopic (exact) mass is 256 g/mol. The fraction of sp³-hybridized carbons (Fsp3) is 0.188. The molecule has 2 rings (SSSR count). The molecular weight excluding hydrogens is 240 g/mol. The quantitative estimate of drug-likeness (QED) is 0.617. The largest absolute Gasteiger partial charge is 0.486 e. The predicted molar refractivity (Wildman–Crippen MR) is 73.2 cm³/mol. The van der Waals surface area contributed by atoms with Gasteiger partial charge in [0.1, 0.15) is 17.6 Å². The zero-order valence-corrected chi connectivity index (χ0v) is 11.0. The van der Waals surface area contributed by atoms with Crippen molar-refractivity contribution in [2.45, 2.75) is 20.0 Å². The summed E-state index contributed by atoms with van der Waals surface area (Å²) in [5.74, 6) is 0.936. The van der Waals surface area contributed by atoms with E-state index in [0.717, 1.165) is 11.3 Å². The van der Waals surface area contributed by atoms with Gasteiger partial charge in [-0.2, -0.15) is 0 Å². The number of hydrogen-bond acceptors (Lipinski definition) is 3. The minimum atomic E-state index is -0.327. The molecule has 0 saturated carbocycles. The molecule has 1 atom stereocenters. The second-order valence-electron chi connectivity index (χ2n) is 4.24. The van der Waals surface area contributed by atoms with Crippen molar-refractivity contribution in [3.8, 4) is 11.5 Å². The molecule has 0 heterocycles. The molecule has 0 spiro atoms. The lowest BCUT2D eigenvalue weighted by Gasteiger charge is -2.15. The van der Waals surface area contributed by atoms with Crippen LogP contribution < -0.4 is 9.47 Å². The molecule has 0 aliphatic heterocycles. The van der Waals surface area contributed by atoms with Gasteiger partial charge in [0.15, 0.2) is 0 Å². The molecule has 0 radical (unpaired) electrons. The summed E-state index contributed by atoms with van der Waals surface area (Å²) in [6.45, 7) is 3.37. The summed E-state index contributed by atoms with van der Waals surface area (Å²) >= 11 is 0. The first-order chi connectivity index (χ1) is 9.15. The van der Waals surface area contributed by atoms with Crippen LogP contribution in [0.5, 0.6) is 11.5 Å². The van der Waals surface area contributed by atoms with Crippen LogP contribution >= 0.6 is 0 Å². The van der Waals surface area contributed by atoms with Crippen molar-refractivity contribution >= 4 is 5.97 Å². The summed E-state index contributed by atoms with van der Waals surface area (Å²) in [6.07, 6.45) is -0.0271. The molecule has 2 aromatic carbocycles. The second-order valence-corrected chi connectivity index (χ2v) is 4.24. The maximum absolute atomic E-state index is 10.8. The van der Waals surface area contributed by atoms with Gasteiger partial charge in [-0.15, -0.1) is 0 Å². The van der Waals surface area contributed by atoms with Gasteiger partial charge in [0.05, 0.1) is 0 Å². The van der Waals surface area contributed by atoms with Gasteiger partial charge in [0.2, 0.25) is 0 Å². The zero-order valence-electron chi connectivity index (χ0n) is 11.0. The van der Waals surface area contributed by atoms with Crippen molar-refractivity contribution in [1.82, 2.24) is 0 Å². The third-order valence-corrected chi connectivity index (χ3v) is 2.67. The van der Waals surface area contributed by atoms with Crippen molar-refractivity contribution in [1.29, 1.82) is 0 Å². The number of hydrogen-bond donors (Lipinski definition) is 0. The highest BCUT2D eigenvalue weighted by Gasteiger charge is 2.06. The van der Waals surface area contributed by atoms with Gasteiger partial charge in [0, 0.05) is 6.92 Å². The second kappa shape index (κ2) is 6.05. The Bertz CT molecular complexity index is 532. The van der Waals surface area contributed by atoms with Crippen LogP contribution in [0.1, 0.15) is 25.5 Å². The first kappa shape index (κ1) is 13.1. The zero-order chi connectivity index (χ0) is 13.7. The number of benzene rings is 2. The third-order valence-electron chi connectivity index (χ3n) is 2.67. The van der Waals surface area contributed by atoms with Crippen LogP contribution in [0.25, 0.3) is 0 Å². The lowest BCUT2D eigenvalue weighted by molar-refractivity contribution is -0.131. The van der Waals surface area contributed by atoms with Crippen LogP contribution in [-0.4, -0.2) is 5.97 Å². The van der Waals surface area contributed by atoms with Crippen LogP contribution in [0, 0.1) is 0 Å². The summed E-state index contributed by atoms with van der Waals surface area (Å²) in [6, 6.07) is 17.0. The Kier molecular flexibility index (Phi) is 4.18. The van der Waals surface area contributed by atoms with Gasteiger partial charge in [-0.1, -0.05) is 30.3 Å². The van der Waals surface area contributed by atoms with Gasteiger partial charge in [-0.05, 0) is 36.8 Å². The Hall–Kier alpha value is -2.29. The first-order valence-corrected chi connectivity index (χ1v) is 6.15. The molecule has 3 heteroatoms. The molecule has 0 amide bonds. The fourth-order valence-electron chi connectivity index (χ4n) is 1.75. The van der Waals surface area contributed by atoms with Crippen LogP contribution in [0.15, 0.2) is 54.6 Å². The number of carbonyl (C=O) groups is 1. The van der Waals surface area contributed by atoms with E-state index in [-0.39, 0.29) is 12.1 Å². The van der Waals surface area contributed by atoms with Gasteiger partial charge in [-0.3, -0.25) is 4.79 Å². The molecule has 0 saturated heterocycles. The van der Waals surface area contributed by atoms with Crippen LogP contribution in [-0.2, 0) is 4.79 Å². The van der Waals surface area contributed by atoms with E-state index in [2.05, 4.69) is 0 Å². The van der Waals surface area contributed by atoms with Crippen LogP contribution in [0.3, 0.4) is 0 Å². The topological polar surface area (TPSA) is 35.5 Å². The predicted octanol–water partition coefficient (Wildman–Crippen LogP) is 3.75. The van der Waals surface area contributed by atoms with Crippen molar-refractivity contribution < 1.29 is 14.3 Å². The van der Waals surface area contributed by atoms with E-state index in [1.807, 2.05) is 37.3 Å². The van der Waals surface area contributed by atoms with Gasteiger partial charge in [0.25, 0.3) is 0 Å². The van der Waals surface area contributed by atoms with E-state index in [9.17, 15) is 4.79 Å². The lowest BCUT2D eigenvalue weighted by Crippen LogP contribution is -2.03. The van der Waals surface area contributed by atoms with Gasteiger partial charge >= 0.3 is 5.97 Å². The van der Waals surface area contributed by atoms with Gasteiger partial charge in [-0.25, -0.2) is 0 Å². The Morgan fingerprint density at radius 1 is 0.947 bits per heavy atom. The molecule has 0 aliphatic rings. The van der Waals surface area contributed by atoms with Crippen LogP contribution in [0.4, 0.5) is 0 Å². The minimum absolute atomic E-state index is 0.0271. The summed E-state index contributed by atoms with van der Waals surface area (Å²) in [5.41, 5.74) is 1.12. The molecule has 0 unspecified atom stereocenters. The molecule has 19 heavy (non-hydrogen) atoms. The van der Waals surface area contributed by atoms with E-state index >= 15 is 0 Å². The molecule has 2 aromatic rings. The van der Waals surface area contributed by atoms with E-state index in [0.29, 0.717) is 5.75 Å². The lowest BCUT2D eigenvalue weighted by atomic mass is 10.1. The molecular formula is C16H16O3. The number of esters is 1. The average Bonchev–Trinajstić information content (AvgIpc) is 2.41. The molecule has 0 bridgehead atoms. The fourth-order valence-corrected chi connectivity index (χ4v) is 1.75. The van der Waals surface area contributed by atoms with Crippen molar-refractivity contribution in [2.24, 2.45) is 0 Å². The molecule has 0 N–H and O–H groups in total. The maximum atomic E-state index is 10.8. The first-order valence-electron chi connectivity index (χ1n) is 6.15. The number of carbonyl (C=O) groups excluding carboxylic acids is 1. The molecule has 0 fully saturated rings. The minimum Gasteiger partial charge on any atom is -0.486 e. The Morgan fingerprint density at radius 3 is 2.11 bits per heavy atom. The number of rotatable bonds is 4. The van der Waals surface area contributed by atoms with E-state index in [4.69, 9.17) is 9.47 Å². The van der Waals surface area contributed by atoms with E-state index in [1.54, 1.807) is 24.3 Å². The molecule has 98 valence electrons. The normalized spacial score (nSPS) is 11.7. The van der Waals surface area contributed by atoms with Crippen molar-refractivity contribution in [2.75, 3.05) is 0 Å². The Morgan fingerprint density at radius 2 is 1.53 bits per heavy atom. The summed E-state index contributed by atoms with van der Waals surface area (Å²) in [4.78, 5) is 10.8. The van der Waals surface area contributed by atoms with E-state index < -0.39 is 0 Å². The highest BCUT2D eigenvalue weighted by molar-refractivity contribution is 5.69. The highest BCUT2D eigenvalue weighted by atomic mass is 16.5. The molecule has 0 aliphatic carbocycles. The summed E-state index contributed by atoms with van der Waals surface area (Å²) in [5, 5.41) is 0. The highest BCUT2D eigenvalue weighted by Crippen LogP contribution is 2.23.